The van der Waals surface area contributed by atoms with Crippen LogP contribution >= 0.6 is 0 Å². The zero-order valence-electron chi connectivity index (χ0n) is 6.48. The van der Waals surface area contributed by atoms with Gasteiger partial charge in [0.15, 0.2) is 12.4 Å². The Morgan fingerprint density at radius 2 is 2.00 bits per heavy atom. The SMILES string of the molecule is C=CCC(N)[n+]1ccccc1. The van der Waals surface area contributed by atoms with Crippen LogP contribution in [0, 0.1) is 0 Å². The fourth-order valence-corrected chi connectivity index (χ4v) is 0.926. The quantitative estimate of drug-likeness (QED) is 0.504. The average Bonchev–Trinajstić information content (AvgIpc) is 2.07. The van der Waals surface area contributed by atoms with Gasteiger partial charge in [0.1, 0.15) is 0 Å². The molecule has 2 heteroatoms. The van der Waals surface area contributed by atoms with Gasteiger partial charge < -0.3 is 0 Å². The molecule has 58 valence electrons. The summed E-state index contributed by atoms with van der Waals surface area (Å²) in [4.78, 5) is 0. The highest BCUT2D eigenvalue weighted by Crippen LogP contribution is 1.92. The molecule has 1 atom stereocenters. The Morgan fingerprint density at radius 1 is 1.36 bits per heavy atom. The molecule has 0 aliphatic rings. The van der Waals surface area contributed by atoms with Crippen molar-refractivity contribution in [3.63, 3.8) is 0 Å². The molecule has 1 unspecified atom stereocenters. The van der Waals surface area contributed by atoms with Gasteiger partial charge in [0.05, 0.1) is 0 Å². The first-order valence-electron chi connectivity index (χ1n) is 3.67. The van der Waals surface area contributed by atoms with Crippen molar-refractivity contribution >= 4 is 0 Å². The van der Waals surface area contributed by atoms with Gasteiger partial charge in [-0.05, 0) is 0 Å². The lowest BCUT2D eigenvalue weighted by molar-refractivity contribution is -0.721. The van der Waals surface area contributed by atoms with Crippen LogP contribution in [0.2, 0.25) is 0 Å². The first kappa shape index (κ1) is 7.95. The van der Waals surface area contributed by atoms with Crippen LogP contribution < -0.4 is 10.3 Å². The van der Waals surface area contributed by atoms with Crippen molar-refractivity contribution in [2.75, 3.05) is 0 Å². The molecule has 0 fully saturated rings. The number of pyridine rings is 1. The summed E-state index contributed by atoms with van der Waals surface area (Å²) in [6, 6.07) is 5.89. The first-order chi connectivity index (χ1) is 5.34. The molecule has 0 amide bonds. The van der Waals surface area contributed by atoms with Crippen LogP contribution in [0.3, 0.4) is 0 Å². The van der Waals surface area contributed by atoms with E-state index in [1.54, 1.807) is 0 Å². The minimum Gasteiger partial charge on any atom is -0.272 e. The Balaban J connectivity index is 2.68. The summed E-state index contributed by atoms with van der Waals surface area (Å²) in [6.07, 6.45) is 6.55. The predicted molar refractivity (Wildman–Crippen MR) is 44.7 cm³/mol. The fraction of sp³-hybridized carbons (Fsp3) is 0.222. The number of hydrogen-bond acceptors (Lipinski definition) is 1. The van der Waals surface area contributed by atoms with Crippen LogP contribution in [0.4, 0.5) is 0 Å². The molecule has 1 aromatic rings. The van der Waals surface area contributed by atoms with E-state index >= 15 is 0 Å². The van der Waals surface area contributed by atoms with Gasteiger partial charge in [0, 0.05) is 18.6 Å². The highest BCUT2D eigenvalue weighted by molar-refractivity contribution is 4.84. The molecule has 0 bridgehead atoms. The third-order valence-electron chi connectivity index (χ3n) is 1.53. The lowest BCUT2D eigenvalue weighted by Gasteiger charge is -2.01. The second kappa shape index (κ2) is 3.88. The second-order valence-corrected chi connectivity index (χ2v) is 2.41. The highest BCUT2D eigenvalue weighted by Gasteiger charge is 2.07. The average molecular weight is 149 g/mol. The maximum Gasteiger partial charge on any atom is 0.212 e. The van der Waals surface area contributed by atoms with Crippen molar-refractivity contribution in [3.8, 4) is 0 Å². The molecule has 2 N–H and O–H groups in total. The standard InChI is InChI=1S/C9H13N2/c1-2-6-9(10)11-7-4-3-5-8-11/h2-5,7-9H,1,6,10H2/q+1. The lowest BCUT2D eigenvalue weighted by atomic mass is 10.3. The first-order valence-corrected chi connectivity index (χ1v) is 3.67. The molecular weight excluding hydrogens is 136 g/mol. The maximum absolute atomic E-state index is 5.80. The maximum atomic E-state index is 5.80. The van der Waals surface area contributed by atoms with E-state index in [9.17, 15) is 0 Å². The number of hydrogen-bond donors (Lipinski definition) is 1. The van der Waals surface area contributed by atoms with Crippen LogP contribution in [0.15, 0.2) is 43.2 Å². The summed E-state index contributed by atoms with van der Waals surface area (Å²) >= 11 is 0. The number of aromatic nitrogens is 1. The van der Waals surface area contributed by atoms with E-state index in [0.29, 0.717) is 0 Å². The van der Waals surface area contributed by atoms with Gasteiger partial charge in [0.25, 0.3) is 0 Å². The van der Waals surface area contributed by atoms with Crippen LogP contribution in [-0.4, -0.2) is 0 Å². The van der Waals surface area contributed by atoms with Gasteiger partial charge >= 0.3 is 0 Å². The normalized spacial score (nSPS) is 12.5. The minimum atomic E-state index is 0.0219. The van der Waals surface area contributed by atoms with E-state index in [-0.39, 0.29) is 6.17 Å². The van der Waals surface area contributed by atoms with E-state index in [0.717, 1.165) is 6.42 Å². The molecule has 0 aliphatic carbocycles. The molecule has 0 saturated carbocycles. The summed E-state index contributed by atoms with van der Waals surface area (Å²) in [5.41, 5.74) is 5.80. The monoisotopic (exact) mass is 149 g/mol. The van der Waals surface area contributed by atoms with Gasteiger partial charge in [-0.3, -0.25) is 5.73 Å². The lowest BCUT2D eigenvalue weighted by Crippen LogP contribution is -2.43. The molecule has 11 heavy (non-hydrogen) atoms. The van der Waals surface area contributed by atoms with E-state index in [1.165, 1.54) is 0 Å². The number of nitrogens with zero attached hydrogens (tertiary/aromatic N) is 1. The highest BCUT2D eigenvalue weighted by atomic mass is 15.1. The topological polar surface area (TPSA) is 29.9 Å². The molecule has 0 radical (unpaired) electrons. The van der Waals surface area contributed by atoms with Crippen LogP contribution in [-0.2, 0) is 0 Å². The van der Waals surface area contributed by atoms with Gasteiger partial charge in [-0.15, -0.1) is 6.58 Å². The third-order valence-corrected chi connectivity index (χ3v) is 1.53. The molecule has 1 aromatic heterocycles. The van der Waals surface area contributed by atoms with Gasteiger partial charge in [-0.25, -0.2) is 0 Å². The summed E-state index contributed by atoms with van der Waals surface area (Å²) in [5, 5.41) is 0. The summed E-state index contributed by atoms with van der Waals surface area (Å²) in [5.74, 6) is 0. The Kier molecular flexibility index (Phi) is 2.81. The molecule has 1 heterocycles. The molecule has 0 saturated heterocycles. The van der Waals surface area contributed by atoms with E-state index in [1.807, 2.05) is 41.2 Å². The van der Waals surface area contributed by atoms with Crippen LogP contribution in [0.5, 0.6) is 0 Å². The Hall–Kier alpha value is -1.15. The van der Waals surface area contributed by atoms with Crippen molar-refractivity contribution in [1.82, 2.24) is 0 Å². The van der Waals surface area contributed by atoms with Gasteiger partial charge in [-0.1, -0.05) is 12.1 Å². The minimum absolute atomic E-state index is 0.0219. The molecule has 0 aromatic carbocycles. The smallest absolute Gasteiger partial charge is 0.212 e. The molecule has 2 nitrogen and oxygen atoms in total. The van der Waals surface area contributed by atoms with Crippen molar-refractivity contribution < 1.29 is 4.57 Å². The largest absolute Gasteiger partial charge is 0.272 e. The number of rotatable bonds is 3. The summed E-state index contributed by atoms with van der Waals surface area (Å²) in [6.45, 7) is 3.63. The van der Waals surface area contributed by atoms with E-state index < -0.39 is 0 Å². The van der Waals surface area contributed by atoms with Crippen molar-refractivity contribution in [2.24, 2.45) is 5.73 Å². The Morgan fingerprint density at radius 3 is 2.55 bits per heavy atom. The van der Waals surface area contributed by atoms with Crippen molar-refractivity contribution in [1.29, 1.82) is 0 Å². The predicted octanol–water partition coefficient (Wildman–Crippen LogP) is 1.01. The summed E-state index contributed by atoms with van der Waals surface area (Å²) < 4.78 is 1.96. The zero-order valence-corrected chi connectivity index (χ0v) is 6.48. The van der Waals surface area contributed by atoms with Crippen molar-refractivity contribution in [3.05, 3.63) is 43.2 Å². The summed E-state index contributed by atoms with van der Waals surface area (Å²) in [7, 11) is 0. The van der Waals surface area contributed by atoms with Gasteiger partial charge in [-0.2, -0.15) is 4.57 Å². The van der Waals surface area contributed by atoms with Gasteiger partial charge in [0.2, 0.25) is 6.17 Å². The van der Waals surface area contributed by atoms with Crippen LogP contribution in [0.25, 0.3) is 0 Å². The number of nitrogens with two attached hydrogens (primary N) is 1. The van der Waals surface area contributed by atoms with Crippen molar-refractivity contribution in [2.45, 2.75) is 12.6 Å². The second-order valence-electron chi connectivity index (χ2n) is 2.41. The van der Waals surface area contributed by atoms with Crippen LogP contribution in [0.1, 0.15) is 12.6 Å². The Labute approximate surface area is 67.0 Å². The van der Waals surface area contributed by atoms with E-state index in [2.05, 4.69) is 6.58 Å². The molecular formula is C9H13N2+. The zero-order chi connectivity index (χ0) is 8.10. The van der Waals surface area contributed by atoms with E-state index in [4.69, 9.17) is 5.73 Å². The molecule has 0 spiro atoms. The fourth-order valence-electron chi connectivity index (χ4n) is 0.926. The molecule has 0 aliphatic heterocycles. The Bertz CT molecular complexity index is 218. The molecule has 1 rings (SSSR count). The third kappa shape index (κ3) is 2.16.